The van der Waals surface area contributed by atoms with E-state index in [1.54, 1.807) is 6.33 Å². The van der Waals surface area contributed by atoms with Crippen molar-refractivity contribution in [3.8, 4) is 28.1 Å². The number of nitrogens with zero attached hydrogens (tertiary/aromatic N) is 4. The largest absolute Gasteiger partial charge is 0.309 e. The van der Waals surface area contributed by atoms with Gasteiger partial charge in [-0.05, 0) is 71.1 Å². The van der Waals surface area contributed by atoms with Crippen molar-refractivity contribution in [3.05, 3.63) is 146 Å². The van der Waals surface area contributed by atoms with Gasteiger partial charge in [0, 0.05) is 33.1 Å². The molecule has 0 unspecified atom stereocenters. The zero-order valence-corrected chi connectivity index (χ0v) is 22.6. The van der Waals surface area contributed by atoms with Crippen molar-refractivity contribution in [2.75, 3.05) is 4.90 Å². The van der Waals surface area contributed by atoms with Crippen LogP contribution in [0.15, 0.2) is 146 Å². The van der Waals surface area contributed by atoms with E-state index < -0.39 is 0 Å². The molecule has 0 amide bonds. The highest BCUT2D eigenvalue weighted by Gasteiger charge is 2.27. The third kappa shape index (κ3) is 3.29. The van der Waals surface area contributed by atoms with E-state index in [1.807, 2.05) is 12.3 Å². The SMILES string of the molecule is c1ccc(N2c3cncnc3-c3cc(-c4cccc(-n5c6ccccc6c6ccccc65)c4)cc4cccc2c34)cc1. The summed E-state index contributed by atoms with van der Waals surface area (Å²) >= 11 is 0. The van der Waals surface area contributed by atoms with Gasteiger partial charge in [-0.25, -0.2) is 9.97 Å². The van der Waals surface area contributed by atoms with Crippen LogP contribution >= 0.6 is 0 Å². The van der Waals surface area contributed by atoms with Crippen LogP contribution < -0.4 is 4.90 Å². The van der Waals surface area contributed by atoms with Crippen molar-refractivity contribution in [2.24, 2.45) is 0 Å². The Labute approximate surface area is 242 Å². The van der Waals surface area contributed by atoms with E-state index in [1.165, 1.54) is 38.1 Å². The third-order valence-electron chi connectivity index (χ3n) is 8.42. The molecule has 0 atom stereocenters. The van der Waals surface area contributed by atoms with Gasteiger partial charge in [0.15, 0.2) is 0 Å². The fourth-order valence-corrected chi connectivity index (χ4v) is 6.65. The van der Waals surface area contributed by atoms with E-state index in [2.05, 4.69) is 142 Å². The number of rotatable bonds is 3. The van der Waals surface area contributed by atoms with Crippen LogP contribution in [0, 0.1) is 0 Å². The molecule has 0 saturated carbocycles. The average molecular weight is 537 g/mol. The number of benzene rings is 6. The number of hydrogen-bond donors (Lipinski definition) is 0. The van der Waals surface area contributed by atoms with Gasteiger partial charge in [-0.1, -0.05) is 78.9 Å². The highest BCUT2D eigenvalue weighted by Crippen LogP contribution is 2.50. The summed E-state index contributed by atoms with van der Waals surface area (Å²) in [6, 6.07) is 47.8. The Bertz CT molecular complexity index is 2260. The lowest BCUT2D eigenvalue weighted by Gasteiger charge is -2.32. The molecular weight excluding hydrogens is 512 g/mol. The van der Waals surface area contributed by atoms with Gasteiger partial charge >= 0.3 is 0 Å². The molecule has 9 rings (SSSR count). The van der Waals surface area contributed by atoms with Gasteiger partial charge in [0.05, 0.1) is 34.3 Å². The van der Waals surface area contributed by atoms with E-state index in [4.69, 9.17) is 4.98 Å². The van der Waals surface area contributed by atoms with Crippen LogP contribution in [-0.2, 0) is 0 Å². The number of para-hydroxylation sites is 3. The molecule has 8 aromatic rings. The van der Waals surface area contributed by atoms with Crippen molar-refractivity contribution in [1.82, 2.24) is 14.5 Å². The number of aromatic nitrogens is 3. The lowest BCUT2D eigenvalue weighted by Crippen LogP contribution is -2.16. The fourth-order valence-electron chi connectivity index (χ4n) is 6.65. The first-order valence-corrected chi connectivity index (χ1v) is 14.2. The molecule has 0 bridgehead atoms. The van der Waals surface area contributed by atoms with E-state index in [0.717, 1.165) is 39.6 Å². The molecular formula is C38H24N4. The highest BCUT2D eigenvalue weighted by molar-refractivity contribution is 6.14. The minimum absolute atomic E-state index is 0.943. The Kier molecular flexibility index (Phi) is 4.87. The molecule has 3 heterocycles. The molecule has 1 aliphatic rings. The molecule has 0 saturated heterocycles. The molecule has 196 valence electrons. The van der Waals surface area contributed by atoms with Gasteiger partial charge in [-0.2, -0.15) is 0 Å². The third-order valence-corrected chi connectivity index (χ3v) is 8.42. The number of hydrogen-bond acceptors (Lipinski definition) is 3. The molecule has 6 aromatic carbocycles. The first-order valence-electron chi connectivity index (χ1n) is 14.2. The summed E-state index contributed by atoms with van der Waals surface area (Å²) in [5.41, 5.74) is 11.2. The first-order chi connectivity index (χ1) is 20.8. The number of fused-ring (bicyclic) bond motifs is 5. The maximum Gasteiger partial charge on any atom is 0.116 e. The van der Waals surface area contributed by atoms with Crippen molar-refractivity contribution in [1.29, 1.82) is 0 Å². The second-order valence-corrected chi connectivity index (χ2v) is 10.7. The zero-order valence-electron chi connectivity index (χ0n) is 22.6. The molecule has 42 heavy (non-hydrogen) atoms. The quantitative estimate of drug-likeness (QED) is 0.225. The second-order valence-electron chi connectivity index (χ2n) is 10.7. The van der Waals surface area contributed by atoms with Crippen molar-refractivity contribution in [2.45, 2.75) is 0 Å². The van der Waals surface area contributed by atoms with Crippen LogP contribution in [0.1, 0.15) is 0 Å². The molecule has 0 fully saturated rings. The lowest BCUT2D eigenvalue weighted by atomic mass is 9.90. The predicted molar refractivity (Wildman–Crippen MR) is 173 cm³/mol. The predicted octanol–water partition coefficient (Wildman–Crippen LogP) is 9.84. The zero-order chi connectivity index (χ0) is 27.6. The van der Waals surface area contributed by atoms with Crippen LogP contribution in [0.5, 0.6) is 0 Å². The first kappa shape index (κ1) is 23.0. The van der Waals surface area contributed by atoms with E-state index in [-0.39, 0.29) is 0 Å². The molecule has 0 N–H and O–H groups in total. The Morgan fingerprint density at radius 2 is 1.24 bits per heavy atom. The highest BCUT2D eigenvalue weighted by atomic mass is 15.2. The Morgan fingerprint density at radius 3 is 2.05 bits per heavy atom. The van der Waals surface area contributed by atoms with Gasteiger partial charge in [0.25, 0.3) is 0 Å². The average Bonchev–Trinajstić information content (AvgIpc) is 3.40. The maximum atomic E-state index is 4.82. The number of anilines is 3. The van der Waals surface area contributed by atoms with Crippen molar-refractivity contribution >= 4 is 49.6 Å². The Hall–Kier alpha value is -5.74. The summed E-state index contributed by atoms with van der Waals surface area (Å²) in [5, 5.41) is 4.92. The molecule has 1 aliphatic heterocycles. The topological polar surface area (TPSA) is 34.0 Å². The van der Waals surface area contributed by atoms with Gasteiger partial charge in [0.1, 0.15) is 6.33 Å². The van der Waals surface area contributed by atoms with Gasteiger partial charge < -0.3 is 9.47 Å². The summed E-state index contributed by atoms with van der Waals surface area (Å²) in [6.45, 7) is 0. The standard InChI is InChI=1S/C38H24N4/c1-2-12-28(13-3-1)41-35-19-9-11-26-20-27(22-32(37(26)35)38-36(41)23-39-24-40-38)25-10-8-14-29(21-25)42-33-17-6-4-15-30(33)31-16-5-7-18-34(31)42/h1-24H. The van der Waals surface area contributed by atoms with Crippen LogP contribution in [0.2, 0.25) is 0 Å². The molecule has 4 heteroatoms. The van der Waals surface area contributed by atoms with Crippen LogP contribution in [0.3, 0.4) is 0 Å². The van der Waals surface area contributed by atoms with E-state index in [0.29, 0.717) is 0 Å². The van der Waals surface area contributed by atoms with Gasteiger partial charge in [-0.15, -0.1) is 0 Å². The summed E-state index contributed by atoms with van der Waals surface area (Å²) in [4.78, 5) is 11.5. The van der Waals surface area contributed by atoms with Crippen LogP contribution in [0.25, 0.3) is 60.6 Å². The summed E-state index contributed by atoms with van der Waals surface area (Å²) in [5.74, 6) is 0. The Morgan fingerprint density at radius 1 is 0.524 bits per heavy atom. The molecule has 4 nitrogen and oxygen atoms in total. The van der Waals surface area contributed by atoms with E-state index in [9.17, 15) is 0 Å². The van der Waals surface area contributed by atoms with Gasteiger partial charge in [-0.3, -0.25) is 0 Å². The van der Waals surface area contributed by atoms with Gasteiger partial charge in [0.2, 0.25) is 0 Å². The smallest absolute Gasteiger partial charge is 0.116 e. The fraction of sp³-hybridized carbons (Fsp3) is 0. The lowest BCUT2D eigenvalue weighted by molar-refractivity contribution is 1.13. The minimum Gasteiger partial charge on any atom is -0.309 e. The minimum atomic E-state index is 0.943. The maximum absolute atomic E-state index is 4.82. The van der Waals surface area contributed by atoms with Crippen LogP contribution in [0.4, 0.5) is 17.1 Å². The molecule has 2 aromatic heterocycles. The normalized spacial score (nSPS) is 12.2. The second kappa shape index (κ2) is 8.88. The molecule has 0 aliphatic carbocycles. The van der Waals surface area contributed by atoms with E-state index >= 15 is 0 Å². The van der Waals surface area contributed by atoms with Crippen LogP contribution in [-0.4, -0.2) is 14.5 Å². The molecule has 0 radical (unpaired) electrons. The Balaban J connectivity index is 1.27. The molecule has 0 spiro atoms. The summed E-state index contributed by atoms with van der Waals surface area (Å²) in [7, 11) is 0. The summed E-state index contributed by atoms with van der Waals surface area (Å²) < 4.78 is 2.37. The van der Waals surface area contributed by atoms with Crippen molar-refractivity contribution < 1.29 is 0 Å². The monoisotopic (exact) mass is 536 g/mol. The van der Waals surface area contributed by atoms with Crippen molar-refractivity contribution in [3.63, 3.8) is 0 Å². The summed E-state index contributed by atoms with van der Waals surface area (Å²) in [6.07, 6.45) is 3.57.